The van der Waals surface area contributed by atoms with Crippen molar-refractivity contribution in [3.8, 4) is 11.1 Å². The summed E-state index contributed by atoms with van der Waals surface area (Å²) in [6.45, 7) is 0. The Bertz CT molecular complexity index is 2790. The monoisotopic (exact) mass is 617 g/mol. The Morgan fingerprint density at radius 2 is 1.09 bits per heavy atom. The number of hydrogen-bond donors (Lipinski definition) is 0. The number of rotatable bonds is 4. The zero-order valence-electron chi connectivity index (χ0n) is 25.4. The van der Waals surface area contributed by atoms with Gasteiger partial charge in [0, 0.05) is 54.1 Å². The van der Waals surface area contributed by atoms with Crippen molar-refractivity contribution in [3.63, 3.8) is 0 Å². The number of fused-ring (bicyclic) bond motifs is 9. The van der Waals surface area contributed by atoms with Crippen molar-refractivity contribution in [2.75, 3.05) is 4.90 Å². The number of thiophene rings is 1. The van der Waals surface area contributed by atoms with Gasteiger partial charge in [0.1, 0.15) is 11.2 Å². The molecule has 0 bridgehead atoms. The summed E-state index contributed by atoms with van der Waals surface area (Å²) < 4.78 is 9.13. The number of para-hydroxylation sites is 1. The first-order valence-corrected chi connectivity index (χ1v) is 16.7. The predicted molar refractivity (Wildman–Crippen MR) is 202 cm³/mol. The zero-order chi connectivity index (χ0) is 30.9. The Morgan fingerprint density at radius 3 is 1.91 bits per heavy atom. The van der Waals surface area contributed by atoms with E-state index in [4.69, 9.17) is 4.42 Å². The lowest BCUT2D eigenvalue weighted by molar-refractivity contribution is 0.669. The Morgan fingerprint density at radius 1 is 0.426 bits per heavy atom. The zero-order valence-corrected chi connectivity index (χ0v) is 26.2. The molecule has 3 heteroatoms. The van der Waals surface area contributed by atoms with Crippen molar-refractivity contribution in [2.24, 2.45) is 0 Å². The van der Waals surface area contributed by atoms with Crippen molar-refractivity contribution < 1.29 is 4.42 Å². The van der Waals surface area contributed by atoms with Gasteiger partial charge >= 0.3 is 0 Å². The van der Waals surface area contributed by atoms with Crippen LogP contribution < -0.4 is 4.90 Å². The molecular weight excluding hydrogens is 591 g/mol. The Balaban J connectivity index is 1.21. The molecule has 0 unspecified atom stereocenters. The van der Waals surface area contributed by atoms with Crippen molar-refractivity contribution in [1.29, 1.82) is 0 Å². The average Bonchev–Trinajstić information content (AvgIpc) is 3.69. The van der Waals surface area contributed by atoms with E-state index in [1.807, 2.05) is 11.3 Å². The number of hydrogen-bond acceptors (Lipinski definition) is 3. The topological polar surface area (TPSA) is 16.4 Å². The SMILES string of the molecule is c1ccc(-c2cc3ccccc3c3sc4ccc(N(c5ccccc5)c5ccc6c(c5)oc5cc7ccccc7cc56)cc4c23)cc1. The normalized spacial score (nSPS) is 11.8. The van der Waals surface area contributed by atoms with Gasteiger partial charge in [0.05, 0.1) is 0 Å². The van der Waals surface area contributed by atoms with Crippen LogP contribution in [-0.4, -0.2) is 0 Å². The largest absolute Gasteiger partial charge is 0.456 e. The van der Waals surface area contributed by atoms with Gasteiger partial charge in [0.2, 0.25) is 0 Å². The lowest BCUT2D eigenvalue weighted by Crippen LogP contribution is -2.09. The fourth-order valence-corrected chi connectivity index (χ4v) is 8.44. The van der Waals surface area contributed by atoms with E-state index in [0.29, 0.717) is 0 Å². The van der Waals surface area contributed by atoms with E-state index in [2.05, 4.69) is 169 Å². The molecule has 0 saturated heterocycles. The molecular formula is C44H27NOS. The van der Waals surface area contributed by atoms with Crippen LogP contribution in [0.4, 0.5) is 17.1 Å². The molecule has 0 spiro atoms. The number of furan rings is 1. The van der Waals surface area contributed by atoms with Crippen LogP contribution in [0.25, 0.3) is 74.8 Å². The molecule has 8 aromatic carbocycles. The minimum Gasteiger partial charge on any atom is -0.456 e. The van der Waals surface area contributed by atoms with Crippen LogP contribution in [0.2, 0.25) is 0 Å². The standard InChI is InChI=1S/C44H27NOS/c1-3-11-28(12-4-1)37-24-31-15-9-10-18-35(31)44-43(37)39-26-33(20-22-42(39)47-44)45(32-16-5-2-6-17-32)34-19-21-36-38-23-29-13-7-8-14-30(29)25-40(38)46-41(36)27-34/h1-27H. The summed E-state index contributed by atoms with van der Waals surface area (Å²) in [4.78, 5) is 2.34. The maximum atomic E-state index is 6.52. The van der Waals surface area contributed by atoms with Crippen LogP contribution in [0.15, 0.2) is 168 Å². The van der Waals surface area contributed by atoms with E-state index in [9.17, 15) is 0 Å². The maximum absolute atomic E-state index is 6.52. The second kappa shape index (κ2) is 10.3. The summed E-state index contributed by atoms with van der Waals surface area (Å²) in [6, 6.07) is 58.9. The highest BCUT2D eigenvalue weighted by Crippen LogP contribution is 2.47. The number of anilines is 3. The molecule has 220 valence electrons. The van der Waals surface area contributed by atoms with Crippen molar-refractivity contribution >= 4 is 92.1 Å². The van der Waals surface area contributed by atoms with E-state index in [-0.39, 0.29) is 0 Å². The smallest absolute Gasteiger partial charge is 0.137 e. The Labute approximate surface area is 275 Å². The summed E-state index contributed by atoms with van der Waals surface area (Å²) in [5.41, 5.74) is 7.56. The summed E-state index contributed by atoms with van der Waals surface area (Å²) >= 11 is 1.88. The minimum absolute atomic E-state index is 0.883. The minimum atomic E-state index is 0.883. The van der Waals surface area contributed by atoms with Crippen LogP contribution >= 0.6 is 11.3 Å². The third-order valence-corrected chi connectivity index (χ3v) is 10.6. The summed E-state index contributed by atoms with van der Waals surface area (Å²) in [5, 5.41) is 9.82. The molecule has 2 heterocycles. The molecule has 0 radical (unpaired) electrons. The first-order valence-electron chi connectivity index (χ1n) is 15.9. The molecule has 2 aromatic heterocycles. The second-order valence-electron chi connectivity index (χ2n) is 12.1. The lowest BCUT2D eigenvalue weighted by Gasteiger charge is -2.25. The van der Waals surface area contributed by atoms with Crippen molar-refractivity contribution in [1.82, 2.24) is 0 Å². The van der Waals surface area contributed by atoms with Gasteiger partial charge in [-0.3, -0.25) is 0 Å². The lowest BCUT2D eigenvalue weighted by atomic mass is 9.95. The highest BCUT2D eigenvalue weighted by molar-refractivity contribution is 7.26. The first-order chi connectivity index (χ1) is 23.3. The third-order valence-electron chi connectivity index (χ3n) is 9.38. The van der Waals surface area contributed by atoms with Gasteiger partial charge in [-0.15, -0.1) is 11.3 Å². The van der Waals surface area contributed by atoms with Gasteiger partial charge in [0.15, 0.2) is 0 Å². The molecule has 0 aliphatic carbocycles. The van der Waals surface area contributed by atoms with Crippen LogP contribution in [0.3, 0.4) is 0 Å². The summed E-state index contributed by atoms with van der Waals surface area (Å²) in [7, 11) is 0. The highest BCUT2D eigenvalue weighted by atomic mass is 32.1. The molecule has 0 amide bonds. The van der Waals surface area contributed by atoms with Crippen molar-refractivity contribution in [3.05, 3.63) is 164 Å². The van der Waals surface area contributed by atoms with E-state index in [1.54, 1.807) is 0 Å². The van der Waals surface area contributed by atoms with E-state index in [0.717, 1.165) is 39.0 Å². The summed E-state index contributed by atoms with van der Waals surface area (Å²) in [5.74, 6) is 0. The Kier molecular flexibility index (Phi) is 5.78. The van der Waals surface area contributed by atoms with Gasteiger partial charge < -0.3 is 9.32 Å². The van der Waals surface area contributed by atoms with E-state index >= 15 is 0 Å². The third kappa shape index (κ3) is 4.17. The van der Waals surface area contributed by atoms with Gasteiger partial charge in [-0.05, 0) is 93.3 Å². The molecule has 0 N–H and O–H groups in total. The van der Waals surface area contributed by atoms with E-state index < -0.39 is 0 Å². The number of nitrogens with zero attached hydrogens (tertiary/aromatic N) is 1. The van der Waals surface area contributed by atoms with Crippen LogP contribution in [0.1, 0.15) is 0 Å². The molecule has 0 aliphatic heterocycles. The molecule has 10 rings (SSSR count). The molecule has 0 saturated carbocycles. The molecule has 0 fully saturated rings. The molecule has 0 atom stereocenters. The number of benzene rings is 8. The quantitative estimate of drug-likeness (QED) is 0.195. The van der Waals surface area contributed by atoms with Crippen LogP contribution in [-0.2, 0) is 0 Å². The molecule has 2 nitrogen and oxygen atoms in total. The second-order valence-corrected chi connectivity index (χ2v) is 13.2. The molecule has 47 heavy (non-hydrogen) atoms. The van der Waals surface area contributed by atoms with Crippen LogP contribution in [0.5, 0.6) is 0 Å². The molecule has 10 aromatic rings. The molecule has 0 aliphatic rings. The van der Waals surface area contributed by atoms with E-state index in [1.165, 1.54) is 52.8 Å². The predicted octanol–water partition coefficient (Wildman–Crippen LogP) is 13.4. The highest BCUT2D eigenvalue weighted by Gasteiger charge is 2.19. The fraction of sp³-hybridized carbons (Fsp3) is 0. The van der Waals surface area contributed by atoms with Gasteiger partial charge in [-0.2, -0.15) is 0 Å². The summed E-state index contributed by atoms with van der Waals surface area (Å²) in [6.07, 6.45) is 0. The van der Waals surface area contributed by atoms with Gasteiger partial charge in [-0.25, -0.2) is 0 Å². The first kappa shape index (κ1) is 26.3. The van der Waals surface area contributed by atoms with Crippen LogP contribution in [0, 0.1) is 0 Å². The van der Waals surface area contributed by atoms with Crippen molar-refractivity contribution in [2.45, 2.75) is 0 Å². The Hall–Kier alpha value is -5.90. The maximum Gasteiger partial charge on any atom is 0.137 e. The average molecular weight is 618 g/mol. The van der Waals surface area contributed by atoms with Gasteiger partial charge in [-0.1, -0.05) is 97.1 Å². The van der Waals surface area contributed by atoms with Gasteiger partial charge in [0.25, 0.3) is 0 Å². The fourth-order valence-electron chi connectivity index (χ4n) is 7.20.